The van der Waals surface area contributed by atoms with Crippen molar-refractivity contribution in [3.05, 3.63) is 51.2 Å². The fourth-order valence-corrected chi connectivity index (χ4v) is 5.13. The number of benzene rings is 1. The summed E-state index contributed by atoms with van der Waals surface area (Å²) in [4.78, 5) is 25.4. The highest BCUT2D eigenvalue weighted by Gasteiger charge is 2.27. The molecule has 1 atom stereocenters. The molecule has 6 heteroatoms. The molecule has 0 saturated heterocycles. The van der Waals surface area contributed by atoms with Gasteiger partial charge in [0.15, 0.2) is 0 Å². The van der Waals surface area contributed by atoms with Crippen LogP contribution in [-0.2, 0) is 4.79 Å². The highest BCUT2D eigenvalue weighted by molar-refractivity contribution is 7.12. The van der Waals surface area contributed by atoms with Gasteiger partial charge in [-0.05, 0) is 68.5 Å². The smallest absolute Gasteiger partial charge is 0.305 e. The second-order valence-electron chi connectivity index (χ2n) is 7.87. The Hall–Kier alpha value is -2.34. The summed E-state index contributed by atoms with van der Waals surface area (Å²) >= 11 is 1.85. The molecule has 0 bridgehead atoms. The fraction of sp³-hybridized carbons (Fsp3) is 0.478. The largest absolute Gasteiger partial charge is 0.481 e. The summed E-state index contributed by atoms with van der Waals surface area (Å²) in [6.45, 7) is 4.50. The van der Waals surface area contributed by atoms with Gasteiger partial charge in [-0.1, -0.05) is 19.3 Å². The van der Waals surface area contributed by atoms with Crippen molar-refractivity contribution in [3.63, 3.8) is 0 Å². The van der Waals surface area contributed by atoms with Gasteiger partial charge in [0.1, 0.15) is 0 Å². The van der Waals surface area contributed by atoms with Gasteiger partial charge in [-0.3, -0.25) is 9.59 Å². The Balaban J connectivity index is 1.71. The molecule has 1 unspecified atom stereocenters. The van der Waals surface area contributed by atoms with Gasteiger partial charge in [0, 0.05) is 27.5 Å². The van der Waals surface area contributed by atoms with Crippen LogP contribution in [0.5, 0.6) is 0 Å². The van der Waals surface area contributed by atoms with E-state index in [0.29, 0.717) is 11.5 Å². The second-order valence-corrected chi connectivity index (χ2v) is 9.33. The highest BCUT2D eigenvalue weighted by atomic mass is 32.1. The molecule has 29 heavy (non-hydrogen) atoms. The van der Waals surface area contributed by atoms with E-state index >= 15 is 0 Å². The Morgan fingerprint density at radius 3 is 2.41 bits per heavy atom. The van der Waals surface area contributed by atoms with Crippen LogP contribution in [0.4, 0.5) is 5.69 Å². The molecular weight excluding hydrogens is 384 g/mol. The molecule has 1 amide bonds. The number of carboxylic acid groups (broad SMARTS) is 1. The summed E-state index contributed by atoms with van der Waals surface area (Å²) in [6.07, 6.45) is 6.33. The molecule has 5 nitrogen and oxygen atoms in total. The predicted octanol–water partition coefficient (Wildman–Crippen LogP) is 5.30. The molecule has 1 heterocycles. The quantitative estimate of drug-likeness (QED) is 0.547. The minimum atomic E-state index is -0.919. The third-order valence-electron chi connectivity index (χ3n) is 5.63. The average molecular weight is 415 g/mol. The number of amides is 1. The van der Waals surface area contributed by atoms with E-state index in [9.17, 15) is 9.59 Å². The number of aliphatic carboxylic acids is 1. The van der Waals surface area contributed by atoms with Crippen molar-refractivity contribution in [1.29, 1.82) is 0 Å². The number of carbonyl (C=O) groups is 2. The third kappa shape index (κ3) is 5.82. The molecule has 3 rings (SSSR count). The summed E-state index contributed by atoms with van der Waals surface area (Å²) in [5.41, 5.74) is 2.94. The minimum Gasteiger partial charge on any atom is -0.481 e. The number of anilines is 1. The lowest BCUT2D eigenvalue weighted by Crippen LogP contribution is -2.26. The lowest BCUT2D eigenvalue weighted by Gasteiger charge is -2.32. The van der Waals surface area contributed by atoms with E-state index in [-0.39, 0.29) is 24.9 Å². The lowest BCUT2D eigenvalue weighted by molar-refractivity contribution is -0.136. The zero-order valence-corrected chi connectivity index (χ0v) is 18.0. The van der Waals surface area contributed by atoms with E-state index in [4.69, 9.17) is 5.11 Å². The van der Waals surface area contributed by atoms with Crippen LogP contribution in [0.2, 0.25) is 0 Å². The number of carbonyl (C=O) groups excluding carboxylic acids is 1. The van der Waals surface area contributed by atoms with Crippen molar-refractivity contribution in [1.82, 2.24) is 5.32 Å². The van der Waals surface area contributed by atoms with Crippen LogP contribution in [0.25, 0.3) is 0 Å². The maximum atomic E-state index is 12.2. The normalized spacial score (nSPS) is 15.7. The number of thiophene rings is 1. The van der Waals surface area contributed by atoms with Crippen molar-refractivity contribution in [3.8, 4) is 0 Å². The van der Waals surface area contributed by atoms with Crippen LogP contribution in [0.1, 0.15) is 70.2 Å². The molecule has 1 aliphatic carbocycles. The van der Waals surface area contributed by atoms with Crippen molar-refractivity contribution >= 4 is 28.9 Å². The van der Waals surface area contributed by atoms with Gasteiger partial charge in [0.2, 0.25) is 0 Å². The Morgan fingerprint density at radius 1 is 1.14 bits per heavy atom. The first-order valence-electron chi connectivity index (χ1n) is 10.4. The molecule has 1 aliphatic rings. The van der Waals surface area contributed by atoms with Crippen LogP contribution < -0.4 is 10.6 Å². The SMILES string of the molecule is Cc1cc(C(Nc2ccc(C(=O)NCCC(=O)O)cc2)C2CCCCC2)c(C)s1. The molecule has 1 aromatic carbocycles. The van der Waals surface area contributed by atoms with E-state index < -0.39 is 5.97 Å². The molecular formula is C23H30N2O3S. The molecule has 156 valence electrons. The second kappa shape index (κ2) is 9.92. The van der Waals surface area contributed by atoms with Gasteiger partial charge in [-0.15, -0.1) is 11.3 Å². The number of nitrogens with one attached hydrogen (secondary N) is 2. The number of hydrogen-bond donors (Lipinski definition) is 3. The van der Waals surface area contributed by atoms with Crippen LogP contribution in [0.15, 0.2) is 30.3 Å². The molecule has 0 spiro atoms. The lowest BCUT2D eigenvalue weighted by atomic mass is 9.81. The Morgan fingerprint density at radius 2 is 1.83 bits per heavy atom. The van der Waals surface area contributed by atoms with Crippen molar-refractivity contribution in [2.45, 2.75) is 58.4 Å². The summed E-state index contributed by atoms with van der Waals surface area (Å²) < 4.78 is 0. The Kier molecular flexibility index (Phi) is 7.31. The molecule has 1 fully saturated rings. The number of rotatable bonds is 8. The van der Waals surface area contributed by atoms with Crippen LogP contribution in [0, 0.1) is 19.8 Å². The maximum absolute atomic E-state index is 12.2. The summed E-state index contributed by atoms with van der Waals surface area (Å²) in [7, 11) is 0. The molecule has 0 radical (unpaired) electrons. The van der Waals surface area contributed by atoms with E-state index in [1.54, 1.807) is 12.1 Å². The van der Waals surface area contributed by atoms with E-state index in [1.807, 2.05) is 23.5 Å². The van der Waals surface area contributed by atoms with E-state index in [2.05, 4.69) is 30.5 Å². The monoisotopic (exact) mass is 414 g/mol. The Labute approximate surface area is 176 Å². The van der Waals surface area contributed by atoms with Crippen LogP contribution in [-0.4, -0.2) is 23.5 Å². The summed E-state index contributed by atoms with van der Waals surface area (Å²) in [5.74, 6) is -0.543. The van der Waals surface area contributed by atoms with Gasteiger partial charge in [-0.2, -0.15) is 0 Å². The molecule has 0 aliphatic heterocycles. The molecule has 3 N–H and O–H groups in total. The first kappa shape index (κ1) is 21.4. The molecule has 2 aromatic rings. The van der Waals surface area contributed by atoms with Gasteiger partial charge in [-0.25, -0.2) is 0 Å². The number of hydrogen-bond acceptors (Lipinski definition) is 4. The van der Waals surface area contributed by atoms with Gasteiger partial charge < -0.3 is 15.7 Å². The van der Waals surface area contributed by atoms with Crippen LogP contribution >= 0.6 is 11.3 Å². The fourth-order valence-electron chi connectivity index (χ4n) is 4.16. The first-order valence-corrected chi connectivity index (χ1v) is 11.2. The number of carboxylic acids is 1. The maximum Gasteiger partial charge on any atom is 0.305 e. The van der Waals surface area contributed by atoms with Crippen molar-refractivity contribution in [2.75, 3.05) is 11.9 Å². The summed E-state index contributed by atoms with van der Waals surface area (Å²) in [6, 6.07) is 10.1. The standard InChI is InChI=1S/C23H30N2O3S/c1-15-14-20(16(2)29-15)22(17-6-4-3-5-7-17)25-19-10-8-18(9-11-19)23(28)24-13-12-21(26)27/h8-11,14,17,22,25H,3-7,12-13H2,1-2H3,(H,24,28)(H,26,27). The minimum absolute atomic E-state index is 0.0755. The Bertz CT molecular complexity index is 838. The molecule has 1 aromatic heterocycles. The van der Waals surface area contributed by atoms with Crippen LogP contribution in [0.3, 0.4) is 0 Å². The van der Waals surface area contributed by atoms with E-state index in [0.717, 1.165) is 5.69 Å². The predicted molar refractivity (Wildman–Crippen MR) is 118 cm³/mol. The zero-order valence-electron chi connectivity index (χ0n) is 17.2. The highest BCUT2D eigenvalue weighted by Crippen LogP contribution is 2.40. The third-order valence-corrected chi connectivity index (χ3v) is 6.61. The number of aryl methyl sites for hydroxylation is 2. The topological polar surface area (TPSA) is 78.4 Å². The summed E-state index contributed by atoms with van der Waals surface area (Å²) in [5, 5.41) is 15.1. The first-order chi connectivity index (χ1) is 13.9. The van der Waals surface area contributed by atoms with E-state index in [1.165, 1.54) is 47.4 Å². The zero-order chi connectivity index (χ0) is 20.8. The van der Waals surface area contributed by atoms with Crippen molar-refractivity contribution < 1.29 is 14.7 Å². The molecule has 1 saturated carbocycles. The van der Waals surface area contributed by atoms with Gasteiger partial charge in [0.25, 0.3) is 5.91 Å². The average Bonchev–Trinajstić information content (AvgIpc) is 3.04. The van der Waals surface area contributed by atoms with Crippen molar-refractivity contribution in [2.24, 2.45) is 5.92 Å². The van der Waals surface area contributed by atoms with Gasteiger partial charge >= 0.3 is 5.97 Å². The van der Waals surface area contributed by atoms with Gasteiger partial charge in [0.05, 0.1) is 12.5 Å².